The fourth-order valence-corrected chi connectivity index (χ4v) is 3.43. The third-order valence-corrected chi connectivity index (χ3v) is 4.85. The molecule has 26 heavy (non-hydrogen) atoms. The van der Waals surface area contributed by atoms with Crippen LogP contribution in [0.25, 0.3) is 0 Å². The lowest BCUT2D eigenvalue weighted by molar-refractivity contribution is -0.141. The second-order valence-electron chi connectivity index (χ2n) is 5.72. The van der Waals surface area contributed by atoms with Gasteiger partial charge in [-0.25, -0.2) is 9.78 Å². The molecule has 2 aromatic rings. The summed E-state index contributed by atoms with van der Waals surface area (Å²) in [6.07, 6.45) is 1.08. The third-order valence-electron chi connectivity index (χ3n) is 4.09. The van der Waals surface area contributed by atoms with Gasteiger partial charge >= 0.3 is 5.97 Å². The van der Waals surface area contributed by atoms with Crippen molar-refractivity contribution < 1.29 is 24.2 Å². The van der Waals surface area contributed by atoms with Crippen LogP contribution in [0.3, 0.4) is 0 Å². The van der Waals surface area contributed by atoms with Gasteiger partial charge in [-0.2, -0.15) is 0 Å². The summed E-state index contributed by atoms with van der Waals surface area (Å²) < 4.78 is 5.05. The summed E-state index contributed by atoms with van der Waals surface area (Å²) >= 11 is 1.11. The second kappa shape index (κ2) is 7.52. The van der Waals surface area contributed by atoms with Crippen LogP contribution in [-0.2, 0) is 4.79 Å². The van der Waals surface area contributed by atoms with E-state index in [-0.39, 0.29) is 16.7 Å². The molecule has 9 heteroatoms. The van der Waals surface area contributed by atoms with Crippen molar-refractivity contribution >= 4 is 34.3 Å². The second-order valence-corrected chi connectivity index (χ2v) is 6.57. The maximum Gasteiger partial charge on any atom is 0.326 e. The Morgan fingerprint density at radius 2 is 2.04 bits per heavy atom. The van der Waals surface area contributed by atoms with Crippen LogP contribution in [0.2, 0.25) is 0 Å². The first kappa shape index (κ1) is 17.9. The molecule has 3 rings (SSSR count). The molecule has 0 aliphatic carbocycles. The molecule has 1 aromatic heterocycles. The molecule has 0 bridgehead atoms. The number of rotatable bonds is 5. The van der Waals surface area contributed by atoms with Gasteiger partial charge in [0.15, 0.2) is 5.13 Å². The molecule has 136 valence electrons. The summed E-state index contributed by atoms with van der Waals surface area (Å²) in [5.41, 5.74) is 0.563. The number of aromatic nitrogens is 1. The van der Waals surface area contributed by atoms with Crippen LogP contribution in [-0.4, -0.2) is 52.5 Å². The Labute approximate surface area is 153 Å². The number of carbonyl (C=O) groups excluding carboxylic acids is 2. The van der Waals surface area contributed by atoms with Gasteiger partial charge in [0.2, 0.25) is 0 Å². The van der Waals surface area contributed by atoms with Crippen molar-refractivity contribution in [2.45, 2.75) is 18.9 Å². The van der Waals surface area contributed by atoms with Crippen molar-refractivity contribution in [1.82, 2.24) is 9.88 Å². The Kier molecular flexibility index (Phi) is 5.17. The number of amides is 2. The van der Waals surface area contributed by atoms with Gasteiger partial charge < -0.3 is 14.7 Å². The third kappa shape index (κ3) is 3.67. The number of hydrogen-bond donors (Lipinski definition) is 2. The van der Waals surface area contributed by atoms with Gasteiger partial charge in [0.25, 0.3) is 11.8 Å². The molecule has 2 amide bonds. The Morgan fingerprint density at radius 1 is 1.31 bits per heavy atom. The van der Waals surface area contributed by atoms with E-state index in [1.807, 2.05) is 0 Å². The first-order valence-electron chi connectivity index (χ1n) is 7.94. The highest BCUT2D eigenvalue weighted by atomic mass is 32.1. The van der Waals surface area contributed by atoms with Gasteiger partial charge in [0.05, 0.1) is 7.11 Å². The van der Waals surface area contributed by atoms with E-state index >= 15 is 0 Å². The van der Waals surface area contributed by atoms with Crippen LogP contribution in [0.5, 0.6) is 5.75 Å². The van der Waals surface area contributed by atoms with Crippen molar-refractivity contribution in [3.63, 3.8) is 0 Å². The molecule has 1 atom stereocenters. The van der Waals surface area contributed by atoms with Gasteiger partial charge in [-0.15, -0.1) is 11.3 Å². The highest BCUT2D eigenvalue weighted by Crippen LogP contribution is 2.23. The minimum absolute atomic E-state index is 0.133. The van der Waals surface area contributed by atoms with Crippen molar-refractivity contribution in [2.24, 2.45) is 0 Å². The zero-order chi connectivity index (χ0) is 18.7. The molecule has 1 saturated heterocycles. The van der Waals surface area contributed by atoms with Gasteiger partial charge in [-0.3, -0.25) is 14.9 Å². The molecule has 1 aliphatic heterocycles. The van der Waals surface area contributed by atoms with E-state index < -0.39 is 17.9 Å². The monoisotopic (exact) mass is 375 g/mol. The highest BCUT2D eigenvalue weighted by molar-refractivity contribution is 7.14. The first-order chi connectivity index (χ1) is 12.5. The van der Waals surface area contributed by atoms with Gasteiger partial charge in [-0.1, -0.05) is 0 Å². The lowest BCUT2D eigenvalue weighted by Crippen LogP contribution is -2.40. The average molecular weight is 375 g/mol. The van der Waals surface area contributed by atoms with Crippen LogP contribution in [0.15, 0.2) is 29.6 Å². The maximum absolute atomic E-state index is 12.5. The summed E-state index contributed by atoms with van der Waals surface area (Å²) in [6, 6.07) is 5.77. The Hall–Kier alpha value is -2.94. The zero-order valence-electron chi connectivity index (χ0n) is 14.0. The predicted octanol–water partition coefficient (Wildman–Crippen LogP) is 2.09. The number of nitrogens with zero attached hydrogens (tertiary/aromatic N) is 2. The molecule has 0 saturated carbocycles. The Balaban J connectivity index is 1.68. The quantitative estimate of drug-likeness (QED) is 0.828. The van der Waals surface area contributed by atoms with Crippen LogP contribution < -0.4 is 10.1 Å². The molecule has 1 aromatic carbocycles. The van der Waals surface area contributed by atoms with Gasteiger partial charge in [0, 0.05) is 17.5 Å². The van der Waals surface area contributed by atoms with Crippen molar-refractivity contribution in [3.8, 4) is 5.75 Å². The maximum atomic E-state index is 12.5. The van der Waals surface area contributed by atoms with E-state index in [2.05, 4.69) is 10.3 Å². The summed E-state index contributed by atoms with van der Waals surface area (Å²) in [6.45, 7) is 0.390. The number of thiazole rings is 1. The highest BCUT2D eigenvalue weighted by Gasteiger charge is 2.35. The number of anilines is 1. The number of methoxy groups -OCH3 is 1. The normalized spacial score (nSPS) is 16.3. The number of likely N-dealkylation sites (tertiary alicyclic amines) is 1. The number of aliphatic carboxylic acids is 1. The zero-order valence-corrected chi connectivity index (χ0v) is 14.8. The van der Waals surface area contributed by atoms with Crippen molar-refractivity contribution in [3.05, 3.63) is 40.9 Å². The summed E-state index contributed by atoms with van der Waals surface area (Å²) in [7, 11) is 1.54. The molecule has 1 fully saturated rings. The fourth-order valence-electron chi connectivity index (χ4n) is 2.75. The van der Waals surface area contributed by atoms with Crippen LogP contribution in [0, 0.1) is 0 Å². The number of benzene rings is 1. The lowest BCUT2D eigenvalue weighted by Gasteiger charge is -2.20. The van der Waals surface area contributed by atoms with E-state index in [1.54, 1.807) is 31.4 Å². The van der Waals surface area contributed by atoms with Crippen molar-refractivity contribution in [1.29, 1.82) is 0 Å². The van der Waals surface area contributed by atoms with Gasteiger partial charge in [-0.05, 0) is 37.1 Å². The molecule has 1 aliphatic rings. The van der Waals surface area contributed by atoms with E-state index in [9.17, 15) is 19.5 Å². The van der Waals surface area contributed by atoms with Crippen LogP contribution >= 0.6 is 11.3 Å². The minimum Gasteiger partial charge on any atom is -0.497 e. The first-order valence-corrected chi connectivity index (χ1v) is 8.82. The van der Waals surface area contributed by atoms with E-state index in [0.29, 0.717) is 30.7 Å². The van der Waals surface area contributed by atoms with Gasteiger partial charge in [0.1, 0.15) is 17.5 Å². The molecule has 0 radical (unpaired) electrons. The minimum atomic E-state index is -1.01. The topological polar surface area (TPSA) is 109 Å². The standard InChI is InChI=1S/C17H17N3O5S/c1-25-11-6-4-10(5-7-11)14(21)19-17-18-12(9-26-17)15(22)20-8-2-3-13(20)16(23)24/h4-7,9,13H,2-3,8H2,1H3,(H,23,24)(H,18,19,21). The van der Waals surface area contributed by atoms with E-state index in [0.717, 1.165) is 11.3 Å². The summed E-state index contributed by atoms with van der Waals surface area (Å²) in [4.78, 5) is 41.4. The van der Waals surface area contributed by atoms with E-state index in [4.69, 9.17) is 4.74 Å². The fraction of sp³-hybridized carbons (Fsp3) is 0.294. The molecular formula is C17H17N3O5S. The van der Waals surface area contributed by atoms with Crippen LogP contribution in [0.4, 0.5) is 5.13 Å². The smallest absolute Gasteiger partial charge is 0.326 e. The van der Waals surface area contributed by atoms with Crippen LogP contribution in [0.1, 0.15) is 33.7 Å². The van der Waals surface area contributed by atoms with Crippen molar-refractivity contribution in [2.75, 3.05) is 19.0 Å². The predicted molar refractivity (Wildman–Crippen MR) is 94.8 cm³/mol. The Morgan fingerprint density at radius 3 is 2.69 bits per heavy atom. The lowest BCUT2D eigenvalue weighted by atomic mass is 10.2. The molecule has 2 N–H and O–H groups in total. The molecular weight excluding hydrogens is 358 g/mol. The summed E-state index contributed by atoms with van der Waals surface area (Å²) in [5, 5.41) is 13.6. The Bertz CT molecular complexity index is 833. The number of carboxylic acids is 1. The molecule has 8 nitrogen and oxygen atoms in total. The SMILES string of the molecule is COc1ccc(C(=O)Nc2nc(C(=O)N3CCCC3C(=O)O)cs2)cc1. The summed E-state index contributed by atoms with van der Waals surface area (Å²) in [5.74, 6) is -1.16. The largest absolute Gasteiger partial charge is 0.497 e. The number of nitrogens with one attached hydrogen (secondary N) is 1. The average Bonchev–Trinajstić information content (AvgIpc) is 3.30. The molecule has 1 unspecified atom stereocenters. The van der Waals surface area contributed by atoms with E-state index in [1.165, 1.54) is 10.3 Å². The number of carboxylic acid groups (broad SMARTS) is 1. The number of ether oxygens (including phenoxy) is 1. The molecule has 0 spiro atoms. The number of hydrogen-bond acceptors (Lipinski definition) is 6. The number of carbonyl (C=O) groups is 3. The molecule has 2 heterocycles.